The van der Waals surface area contributed by atoms with Gasteiger partial charge in [0, 0.05) is 12.8 Å². The normalized spacial score (nSPS) is 20.6. The SMILES string of the molecule is NNC(c1ccnn1-c1ccccc1)C1CCCO1. The first-order valence-electron chi connectivity index (χ1n) is 6.57. The highest BCUT2D eigenvalue weighted by molar-refractivity contribution is 5.33. The summed E-state index contributed by atoms with van der Waals surface area (Å²) >= 11 is 0. The smallest absolute Gasteiger partial charge is 0.0894 e. The van der Waals surface area contributed by atoms with Crippen LogP contribution in [0.5, 0.6) is 0 Å². The molecule has 1 aliphatic rings. The van der Waals surface area contributed by atoms with E-state index >= 15 is 0 Å². The molecule has 1 aliphatic heterocycles. The second-order valence-corrected chi connectivity index (χ2v) is 4.70. The molecule has 5 heteroatoms. The average Bonchev–Trinajstić information content (AvgIpc) is 3.12. The Morgan fingerprint density at radius 1 is 1.32 bits per heavy atom. The Balaban J connectivity index is 1.94. The Labute approximate surface area is 112 Å². The number of aromatic nitrogens is 2. The molecule has 5 nitrogen and oxygen atoms in total. The monoisotopic (exact) mass is 258 g/mol. The van der Waals surface area contributed by atoms with E-state index in [-0.39, 0.29) is 12.1 Å². The molecule has 100 valence electrons. The van der Waals surface area contributed by atoms with Gasteiger partial charge in [-0.15, -0.1) is 0 Å². The van der Waals surface area contributed by atoms with Crippen LogP contribution < -0.4 is 11.3 Å². The zero-order valence-corrected chi connectivity index (χ0v) is 10.7. The Hall–Kier alpha value is -1.69. The van der Waals surface area contributed by atoms with Gasteiger partial charge in [-0.3, -0.25) is 5.84 Å². The number of hydrogen-bond acceptors (Lipinski definition) is 4. The fourth-order valence-electron chi connectivity index (χ4n) is 2.58. The van der Waals surface area contributed by atoms with Crippen LogP contribution in [0, 0.1) is 0 Å². The van der Waals surface area contributed by atoms with E-state index in [0.717, 1.165) is 30.8 Å². The van der Waals surface area contributed by atoms with E-state index in [4.69, 9.17) is 10.6 Å². The number of hydrazine groups is 1. The second kappa shape index (κ2) is 5.52. The number of nitrogens with two attached hydrogens (primary N) is 1. The van der Waals surface area contributed by atoms with Crippen molar-refractivity contribution >= 4 is 0 Å². The van der Waals surface area contributed by atoms with Gasteiger partial charge in [-0.1, -0.05) is 18.2 Å². The molecule has 2 atom stereocenters. The van der Waals surface area contributed by atoms with E-state index < -0.39 is 0 Å². The first-order valence-corrected chi connectivity index (χ1v) is 6.57. The fourth-order valence-corrected chi connectivity index (χ4v) is 2.58. The Morgan fingerprint density at radius 2 is 2.16 bits per heavy atom. The minimum atomic E-state index is -0.0368. The molecule has 1 aromatic heterocycles. The summed E-state index contributed by atoms with van der Waals surface area (Å²) in [6.07, 6.45) is 4.02. The molecule has 1 fully saturated rings. The van der Waals surface area contributed by atoms with Crippen molar-refractivity contribution in [1.82, 2.24) is 15.2 Å². The number of nitrogens with one attached hydrogen (secondary N) is 1. The largest absolute Gasteiger partial charge is 0.376 e. The molecule has 1 aromatic carbocycles. The number of nitrogens with zero attached hydrogens (tertiary/aromatic N) is 2. The molecule has 0 amide bonds. The van der Waals surface area contributed by atoms with E-state index in [9.17, 15) is 0 Å². The van der Waals surface area contributed by atoms with Crippen molar-refractivity contribution in [1.29, 1.82) is 0 Å². The molecular weight excluding hydrogens is 240 g/mol. The molecule has 3 rings (SSSR count). The summed E-state index contributed by atoms with van der Waals surface area (Å²) < 4.78 is 7.65. The van der Waals surface area contributed by atoms with Crippen LogP contribution in [-0.4, -0.2) is 22.5 Å². The van der Waals surface area contributed by atoms with Crippen molar-refractivity contribution in [2.45, 2.75) is 25.0 Å². The number of hydrogen-bond donors (Lipinski definition) is 2. The van der Waals surface area contributed by atoms with Gasteiger partial charge in [0.05, 0.1) is 23.5 Å². The maximum Gasteiger partial charge on any atom is 0.0894 e. The van der Waals surface area contributed by atoms with Crippen molar-refractivity contribution in [2.75, 3.05) is 6.61 Å². The molecular formula is C14H18N4O. The van der Waals surface area contributed by atoms with Crippen LogP contribution in [0.2, 0.25) is 0 Å². The van der Waals surface area contributed by atoms with Crippen molar-refractivity contribution in [3.8, 4) is 5.69 Å². The van der Waals surface area contributed by atoms with Crippen LogP contribution in [-0.2, 0) is 4.74 Å². The molecule has 19 heavy (non-hydrogen) atoms. The molecule has 2 aromatic rings. The van der Waals surface area contributed by atoms with Gasteiger partial charge in [0.1, 0.15) is 0 Å². The van der Waals surface area contributed by atoms with Gasteiger partial charge in [-0.05, 0) is 31.0 Å². The highest BCUT2D eigenvalue weighted by atomic mass is 16.5. The van der Waals surface area contributed by atoms with Crippen molar-refractivity contribution in [3.63, 3.8) is 0 Å². The molecule has 3 N–H and O–H groups in total. The molecule has 2 unspecified atom stereocenters. The van der Waals surface area contributed by atoms with Crippen LogP contribution >= 0.6 is 0 Å². The van der Waals surface area contributed by atoms with Gasteiger partial charge in [0.25, 0.3) is 0 Å². The van der Waals surface area contributed by atoms with Gasteiger partial charge in [-0.2, -0.15) is 5.10 Å². The first kappa shape index (κ1) is 12.3. The van der Waals surface area contributed by atoms with E-state index in [0.29, 0.717) is 0 Å². The Bertz CT molecular complexity index is 519. The topological polar surface area (TPSA) is 65.1 Å². The maximum absolute atomic E-state index is 5.74. The number of para-hydroxylation sites is 1. The van der Waals surface area contributed by atoms with Crippen molar-refractivity contribution < 1.29 is 4.74 Å². The first-order chi connectivity index (χ1) is 9.40. The average molecular weight is 258 g/mol. The summed E-state index contributed by atoms with van der Waals surface area (Å²) in [5.41, 5.74) is 4.93. The molecule has 0 spiro atoms. The van der Waals surface area contributed by atoms with Gasteiger partial charge in [0.15, 0.2) is 0 Å². The fraction of sp³-hybridized carbons (Fsp3) is 0.357. The van der Waals surface area contributed by atoms with Crippen LogP contribution in [0.15, 0.2) is 42.6 Å². The predicted octanol–water partition coefficient (Wildman–Crippen LogP) is 1.56. The summed E-state index contributed by atoms with van der Waals surface area (Å²) in [6, 6.07) is 12.0. The van der Waals surface area contributed by atoms with E-state index in [1.54, 1.807) is 6.20 Å². The zero-order chi connectivity index (χ0) is 13.1. The van der Waals surface area contributed by atoms with Gasteiger partial charge in [0.2, 0.25) is 0 Å². The lowest BCUT2D eigenvalue weighted by atomic mass is 10.1. The molecule has 0 saturated carbocycles. The summed E-state index contributed by atoms with van der Waals surface area (Å²) in [7, 11) is 0. The maximum atomic E-state index is 5.74. The highest BCUT2D eigenvalue weighted by Gasteiger charge is 2.29. The zero-order valence-electron chi connectivity index (χ0n) is 10.7. The highest BCUT2D eigenvalue weighted by Crippen LogP contribution is 2.27. The van der Waals surface area contributed by atoms with Crippen molar-refractivity contribution in [3.05, 3.63) is 48.3 Å². The lowest BCUT2D eigenvalue weighted by molar-refractivity contribution is 0.0763. The van der Waals surface area contributed by atoms with Gasteiger partial charge < -0.3 is 4.74 Å². The summed E-state index contributed by atoms with van der Waals surface area (Å²) in [6.45, 7) is 0.808. The van der Waals surface area contributed by atoms with Gasteiger partial charge >= 0.3 is 0 Å². The minimum absolute atomic E-state index is 0.0368. The van der Waals surface area contributed by atoms with Crippen LogP contribution in [0.25, 0.3) is 5.69 Å². The lowest BCUT2D eigenvalue weighted by Crippen LogP contribution is -2.37. The Morgan fingerprint density at radius 3 is 2.84 bits per heavy atom. The summed E-state index contributed by atoms with van der Waals surface area (Å²) in [5, 5.41) is 4.39. The van der Waals surface area contributed by atoms with E-state index in [1.807, 2.05) is 41.1 Å². The third-order valence-electron chi connectivity index (χ3n) is 3.51. The van der Waals surface area contributed by atoms with Crippen LogP contribution in [0.1, 0.15) is 24.6 Å². The number of ether oxygens (including phenoxy) is 1. The molecule has 0 bridgehead atoms. The second-order valence-electron chi connectivity index (χ2n) is 4.70. The lowest BCUT2D eigenvalue weighted by Gasteiger charge is -2.23. The number of benzene rings is 1. The van der Waals surface area contributed by atoms with E-state index in [1.165, 1.54) is 0 Å². The van der Waals surface area contributed by atoms with Crippen LogP contribution in [0.4, 0.5) is 0 Å². The van der Waals surface area contributed by atoms with E-state index in [2.05, 4.69) is 10.5 Å². The summed E-state index contributed by atoms with van der Waals surface area (Å²) in [5.74, 6) is 5.72. The molecule has 0 radical (unpaired) electrons. The van der Waals surface area contributed by atoms with Gasteiger partial charge in [-0.25, -0.2) is 10.1 Å². The standard InChI is InChI=1S/C14H18N4O/c15-17-14(13-7-4-10-19-13)12-8-9-16-18(12)11-5-2-1-3-6-11/h1-3,5-6,8-9,13-14,17H,4,7,10,15H2. The molecule has 2 heterocycles. The molecule has 1 saturated heterocycles. The quantitative estimate of drug-likeness (QED) is 0.645. The predicted molar refractivity (Wildman–Crippen MR) is 72.6 cm³/mol. The Kier molecular flexibility index (Phi) is 3.59. The third-order valence-corrected chi connectivity index (χ3v) is 3.51. The summed E-state index contributed by atoms with van der Waals surface area (Å²) in [4.78, 5) is 0. The number of rotatable bonds is 4. The molecule has 0 aliphatic carbocycles. The van der Waals surface area contributed by atoms with Crippen molar-refractivity contribution in [2.24, 2.45) is 5.84 Å². The minimum Gasteiger partial charge on any atom is -0.376 e. The van der Waals surface area contributed by atoms with Crippen LogP contribution in [0.3, 0.4) is 0 Å². The third kappa shape index (κ3) is 2.40.